The molecule has 2 aromatic rings. The number of nitriles is 1. The van der Waals surface area contributed by atoms with Gasteiger partial charge in [0.25, 0.3) is 5.91 Å². The van der Waals surface area contributed by atoms with Gasteiger partial charge in [0, 0.05) is 44.4 Å². The maximum absolute atomic E-state index is 13.3. The molecule has 1 atom stereocenters. The van der Waals surface area contributed by atoms with Crippen molar-refractivity contribution in [1.82, 2.24) is 4.90 Å². The summed E-state index contributed by atoms with van der Waals surface area (Å²) in [6, 6.07) is 8.63. The number of anilines is 1. The minimum absolute atomic E-state index is 0.0585. The number of aliphatic hydroxyl groups is 1. The van der Waals surface area contributed by atoms with E-state index < -0.39 is 17.3 Å². The minimum atomic E-state index is -4.60. The quantitative estimate of drug-likeness (QED) is 0.801. The smallest absolute Gasteiger partial charge is 0.417 e. The Morgan fingerprint density at radius 1 is 1.29 bits per heavy atom. The summed E-state index contributed by atoms with van der Waals surface area (Å²) in [7, 11) is 0. The van der Waals surface area contributed by atoms with Gasteiger partial charge in [0.2, 0.25) is 0 Å². The lowest BCUT2D eigenvalue weighted by atomic mass is 9.71. The lowest BCUT2D eigenvalue weighted by Gasteiger charge is -2.43. The van der Waals surface area contributed by atoms with Crippen LogP contribution in [0.1, 0.15) is 34.5 Å². The number of alkyl halides is 3. The molecule has 9 heteroatoms. The number of aliphatic hydroxyl groups excluding tert-OH is 1. The van der Waals surface area contributed by atoms with E-state index in [0.29, 0.717) is 44.7 Å². The van der Waals surface area contributed by atoms with Gasteiger partial charge in [-0.05, 0) is 48.6 Å². The number of likely N-dealkylation sites (tertiary alicyclic amines) is 1. The second-order valence-corrected chi connectivity index (χ2v) is 8.23. The molecule has 3 heterocycles. The largest absolute Gasteiger partial charge is 0.459 e. The maximum atomic E-state index is 13.3. The Kier molecular flexibility index (Phi) is 5.43. The van der Waals surface area contributed by atoms with Gasteiger partial charge in [-0.1, -0.05) is 0 Å². The topological polar surface area (TPSA) is 80.7 Å². The number of furan rings is 1. The first kappa shape index (κ1) is 21.2. The summed E-state index contributed by atoms with van der Waals surface area (Å²) in [5.41, 5.74) is -1.19. The van der Waals surface area contributed by atoms with E-state index in [1.165, 1.54) is 18.4 Å². The monoisotopic (exact) mass is 433 g/mol. The second kappa shape index (κ2) is 7.93. The standard InChI is InChI=1S/C22H22F3N3O3/c23-22(24,25)18-10-17(4-3-15(18)11-26)27-7-5-21(6-8-27)14-28(12-16(21)13-29)20(30)19-2-1-9-31-19/h1-4,9-10,16,29H,5-8,12-14H2. The van der Waals surface area contributed by atoms with E-state index in [9.17, 15) is 23.1 Å². The Balaban J connectivity index is 1.50. The van der Waals surface area contributed by atoms with Crippen molar-refractivity contribution in [2.24, 2.45) is 11.3 Å². The van der Waals surface area contributed by atoms with Gasteiger partial charge in [-0.3, -0.25) is 4.79 Å². The first-order chi connectivity index (χ1) is 14.8. The molecule has 31 heavy (non-hydrogen) atoms. The zero-order valence-electron chi connectivity index (χ0n) is 16.7. The van der Waals surface area contributed by atoms with Gasteiger partial charge in [-0.2, -0.15) is 18.4 Å². The Labute approximate surface area is 177 Å². The fraction of sp³-hybridized carbons (Fsp3) is 0.455. The molecule has 1 unspecified atom stereocenters. The summed E-state index contributed by atoms with van der Waals surface area (Å²) < 4.78 is 45.1. The summed E-state index contributed by atoms with van der Waals surface area (Å²) >= 11 is 0. The van der Waals surface area contributed by atoms with Crippen molar-refractivity contribution >= 4 is 11.6 Å². The lowest BCUT2D eigenvalue weighted by molar-refractivity contribution is -0.137. The number of nitrogens with zero attached hydrogens (tertiary/aromatic N) is 3. The molecule has 2 aliphatic heterocycles. The van der Waals surface area contributed by atoms with Crippen LogP contribution in [0.3, 0.4) is 0 Å². The number of piperidine rings is 1. The van der Waals surface area contributed by atoms with Crippen LogP contribution in [0.2, 0.25) is 0 Å². The molecule has 4 rings (SSSR count). The van der Waals surface area contributed by atoms with E-state index in [2.05, 4.69) is 0 Å². The van der Waals surface area contributed by atoms with Crippen molar-refractivity contribution in [2.45, 2.75) is 19.0 Å². The highest BCUT2D eigenvalue weighted by Gasteiger charge is 2.49. The fourth-order valence-electron chi connectivity index (χ4n) is 4.83. The highest BCUT2D eigenvalue weighted by atomic mass is 19.4. The SMILES string of the molecule is N#Cc1ccc(N2CCC3(CC2)CN(C(=O)c2ccco2)CC3CO)cc1C(F)(F)F. The van der Waals surface area contributed by atoms with Crippen molar-refractivity contribution < 1.29 is 27.5 Å². The van der Waals surface area contributed by atoms with Crippen LogP contribution in [0.15, 0.2) is 41.0 Å². The summed E-state index contributed by atoms with van der Waals surface area (Å²) in [5, 5.41) is 18.9. The second-order valence-electron chi connectivity index (χ2n) is 8.23. The molecule has 0 saturated carbocycles. The number of halogens is 3. The van der Waals surface area contributed by atoms with Gasteiger partial charge >= 0.3 is 6.18 Å². The van der Waals surface area contributed by atoms with Crippen molar-refractivity contribution in [1.29, 1.82) is 5.26 Å². The molecule has 164 valence electrons. The summed E-state index contributed by atoms with van der Waals surface area (Å²) in [6.07, 6.45) is -1.88. The zero-order chi connectivity index (χ0) is 22.2. The third kappa shape index (κ3) is 3.88. The summed E-state index contributed by atoms with van der Waals surface area (Å²) in [5.74, 6) is -0.0617. The summed E-state index contributed by atoms with van der Waals surface area (Å²) in [4.78, 5) is 16.2. The molecule has 0 bridgehead atoms. The van der Waals surface area contributed by atoms with Crippen molar-refractivity contribution in [3.63, 3.8) is 0 Å². The molecule has 1 aromatic heterocycles. The van der Waals surface area contributed by atoms with E-state index >= 15 is 0 Å². The molecule has 1 aromatic carbocycles. The Morgan fingerprint density at radius 2 is 2.03 bits per heavy atom. The van der Waals surface area contributed by atoms with Crippen molar-refractivity contribution in [2.75, 3.05) is 37.7 Å². The van der Waals surface area contributed by atoms with Crippen molar-refractivity contribution in [3.05, 3.63) is 53.5 Å². The molecule has 6 nitrogen and oxygen atoms in total. The average Bonchev–Trinajstić information content (AvgIpc) is 3.41. The fourth-order valence-corrected chi connectivity index (χ4v) is 4.83. The number of benzene rings is 1. The highest BCUT2D eigenvalue weighted by molar-refractivity contribution is 5.91. The first-order valence-electron chi connectivity index (χ1n) is 10.1. The third-order valence-corrected chi connectivity index (χ3v) is 6.61. The molecule has 1 N–H and O–H groups in total. The van der Waals surface area contributed by atoms with Crippen LogP contribution in [0.4, 0.5) is 18.9 Å². The maximum Gasteiger partial charge on any atom is 0.417 e. The highest BCUT2D eigenvalue weighted by Crippen LogP contribution is 2.46. The van der Waals surface area contributed by atoms with Crippen LogP contribution in [0, 0.1) is 22.7 Å². The number of rotatable bonds is 3. The van der Waals surface area contributed by atoms with Crippen LogP contribution >= 0.6 is 0 Å². The Morgan fingerprint density at radius 3 is 2.61 bits per heavy atom. The molecule has 2 fully saturated rings. The van der Waals surface area contributed by atoms with Gasteiger partial charge in [0.1, 0.15) is 0 Å². The van der Waals surface area contributed by atoms with E-state index in [4.69, 9.17) is 9.68 Å². The zero-order valence-corrected chi connectivity index (χ0v) is 16.7. The third-order valence-electron chi connectivity index (χ3n) is 6.61. The lowest BCUT2D eigenvalue weighted by Crippen LogP contribution is -2.45. The number of carbonyl (C=O) groups is 1. The van der Waals surface area contributed by atoms with Crippen LogP contribution in [0.5, 0.6) is 0 Å². The molecule has 0 radical (unpaired) electrons. The van der Waals surface area contributed by atoms with Gasteiger partial charge < -0.3 is 19.3 Å². The van der Waals surface area contributed by atoms with Crippen LogP contribution in [-0.2, 0) is 6.18 Å². The predicted octanol–water partition coefficient (Wildman–Crippen LogP) is 3.52. The molecule has 0 aliphatic carbocycles. The number of hydrogen-bond acceptors (Lipinski definition) is 5. The van der Waals surface area contributed by atoms with Crippen LogP contribution in [-0.4, -0.2) is 48.7 Å². The Hall–Kier alpha value is -2.99. The number of hydrogen-bond donors (Lipinski definition) is 1. The van der Waals surface area contributed by atoms with E-state index in [-0.39, 0.29) is 29.6 Å². The normalized spacial score (nSPS) is 20.8. The molecule has 1 amide bonds. The molecule has 2 aliphatic rings. The van der Waals surface area contributed by atoms with E-state index in [0.717, 1.165) is 6.07 Å². The van der Waals surface area contributed by atoms with Gasteiger partial charge in [-0.25, -0.2) is 0 Å². The number of amides is 1. The van der Waals surface area contributed by atoms with E-state index in [1.807, 2.05) is 4.90 Å². The number of carbonyl (C=O) groups excluding carboxylic acids is 1. The van der Waals surface area contributed by atoms with Crippen LogP contribution < -0.4 is 4.90 Å². The minimum Gasteiger partial charge on any atom is -0.459 e. The van der Waals surface area contributed by atoms with E-state index in [1.54, 1.807) is 23.1 Å². The van der Waals surface area contributed by atoms with Gasteiger partial charge in [0.15, 0.2) is 5.76 Å². The summed E-state index contributed by atoms with van der Waals surface area (Å²) in [6.45, 7) is 1.85. The molecule has 2 saturated heterocycles. The predicted molar refractivity (Wildman–Crippen MR) is 105 cm³/mol. The van der Waals surface area contributed by atoms with Crippen molar-refractivity contribution in [3.8, 4) is 6.07 Å². The molecule has 1 spiro atoms. The van der Waals surface area contributed by atoms with Crippen LogP contribution in [0.25, 0.3) is 0 Å². The Bertz CT molecular complexity index is 990. The molecular weight excluding hydrogens is 411 g/mol. The first-order valence-corrected chi connectivity index (χ1v) is 10.1. The average molecular weight is 433 g/mol. The van der Waals surface area contributed by atoms with Gasteiger partial charge in [-0.15, -0.1) is 0 Å². The van der Waals surface area contributed by atoms with Gasteiger partial charge in [0.05, 0.1) is 23.5 Å². The molecular formula is C22H22F3N3O3.